The minimum absolute atomic E-state index is 0.240. The lowest BCUT2D eigenvalue weighted by atomic mass is 9.98. The van der Waals surface area contributed by atoms with Crippen molar-refractivity contribution in [3.8, 4) is 0 Å². The van der Waals surface area contributed by atoms with Crippen molar-refractivity contribution in [3.63, 3.8) is 0 Å². The van der Waals surface area contributed by atoms with Gasteiger partial charge in [-0.3, -0.25) is 4.79 Å². The van der Waals surface area contributed by atoms with Crippen LogP contribution in [0.25, 0.3) is 0 Å². The number of fused-ring (bicyclic) bond motifs is 1. The van der Waals surface area contributed by atoms with Crippen LogP contribution >= 0.6 is 0 Å². The normalized spacial score (nSPS) is 40.9. The van der Waals surface area contributed by atoms with E-state index in [-0.39, 0.29) is 5.91 Å². The Morgan fingerprint density at radius 3 is 3.00 bits per heavy atom. The zero-order chi connectivity index (χ0) is 9.42. The Hall–Kier alpha value is -0.790. The third kappa shape index (κ3) is 1.28. The van der Waals surface area contributed by atoms with Crippen molar-refractivity contribution in [1.29, 1.82) is 0 Å². The Kier molecular flexibility index (Phi) is 2.14. The lowest BCUT2D eigenvalue weighted by molar-refractivity contribution is -0.119. The first-order valence-corrected chi connectivity index (χ1v) is 5.21. The van der Waals surface area contributed by atoms with Gasteiger partial charge in [0.1, 0.15) is 0 Å². The second-order valence-electron chi connectivity index (χ2n) is 4.14. The molecule has 1 aliphatic carbocycles. The van der Waals surface area contributed by atoms with E-state index in [1.54, 1.807) is 0 Å². The first-order chi connectivity index (χ1) is 6.26. The largest absolute Gasteiger partial charge is 0.349 e. The van der Waals surface area contributed by atoms with Crippen LogP contribution in [0.15, 0.2) is 11.6 Å². The standard InChI is InChI=1S/C11H17NO/c1-3-7-5-8-6-10(13)12-11(8)9(7)4-2/h4,7-8,11H,3,5-6H2,1-2H3,(H,12,13). The molecule has 1 aliphatic heterocycles. The number of hydrogen-bond acceptors (Lipinski definition) is 1. The molecule has 72 valence electrons. The van der Waals surface area contributed by atoms with Crippen molar-refractivity contribution in [2.24, 2.45) is 11.8 Å². The summed E-state index contributed by atoms with van der Waals surface area (Å²) in [7, 11) is 0. The van der Waals surface area contributed by atoms with Gasteiger partial charge in [0.05, 0.1) is 6.04 Å². The molecular weight excluding hydrogens is 162 g/mol. The van der Waals surface area contributed by atoms with Gasteiger partial charge in [-0.25, -0.2) is 0 Å². The van der Waals surface area contributed by atoms with Gasteiger partial charge < -0.3 is 5.32 Å². The highest BCUT2D eigenvalue weighted by Gasteiger charge is 2.43. The van der Waals surface area contributed by atoms with Gasteiger partial charge in [-0.1, -0.05) is 13.0 Å². The van der Waals surface area contributed by atoms with Crippen LogP contribution in [0, 0.1) is 11.8 Å². The number of allylic oxidation sites excluding steroid dienone is 1. The van der Waals surface area contributed by atoms with Gasteiger partial charge in [0.2, 0.25) is 5.91 Å². The molecule has 2 nitrogen and oxygen atoms in total. The van der Waals surface area contributed by atoms with Gasteiger partial charge >= 0.3 is 0 Å². The molecule has 1 saturated heterocycles. The van der Waals surface area contributed by atoms with E-state index in [1.165, 1.54) is 18.4 Å². The summed E-state index contributed by atoms with van der Waals surface area (Å²) in [6.07, 6.45) is 5.37. The molecule has 1 amide bonds. The molecule has 3 atom stereocenters. The van der Waals surface area contributed by atoms with Gasteiger partial charge in [0, 0.05) is 6.42 Å². The highest BCUT2D eigenvalue weighted by Crippen LogP contribution is 2.42. The SMILES string of the molecule is CC=C1C(CC)CC2CC(=O)NC12. The smallest absolute Gasteiger partial charge is 0.220 e. The predicted molar refractivity (Wildman–Crippen MR) is 52.2 cm³/mol. The third-order valence-corrected chi connectivity index (χ3v) is 3.48. The fourth-order valence-electron chi connectivity index (χ4n) is 2.85. The molecule has 0 spiro atoms. The molecule has 1 N–H and O–H groups in total. The van der Waals surface area contributed by atoms with Gasteiger partial charge in [-0.2, -0.15) is 0 Å². The average molecular weight is 179 g/mol. The van der Waals surface area contributed by atoms with Crippen LogP contribution in [0.3, 0.4) is 0 Å². The second-order valence-corrected chi connectivity index (χ2v) is 4.14. The minimum atomic E-state index is 0.240. The molecular formula is C11H17NO. The molecule has 0 aromatic rings. The van der Waals surface area contributed by atoms with E-state index in [0.717, 1.165) is 12.3 Å². The van der Waals surface area contributed by atoms with E-state index < -0.39 is 0 Å². The minimum Gasteiger partial charge on any atom is -0.349 e. The molecule has 2 fully saturated rings. The maximum absolute atomic E-state index is 11.2. The fraction of sp³-hybridized carbons (Fsp3) is 0.727. The topological polar surface area (TPSA) is 29.1 Å². The molecule has 0 radical (unpaired) electrons. The number of rotatable bonds is 1. The zero-order valence-electron chi connectivity index (χ0n) is 8.34. The van der Waals surface area contributed by atoms with Crippen LogP contribution in [-0.2, 0) is 4.79 Å². The summed E-state index contributed by atoms with van der Waals surface area (Å²) in [5.74, 6) is 1.55. The lowest BCUT2D eigenvalue weighted by Gasteiger charge is -2.13. The quantitative estimate of drug-likeness (QED) is 0.612. The Morgan fingerprint density at radius 1 is 1.62 bits per heavy atom. The highest BCUT2D eigenvalue weighted by molar-refractivity contribution is 5.80. The van der Waals surface area contributed by atoms with Crippen LogP contribution < -0.4 is 5.32 Å². The molecule has 1 saturated carbocycles. The average Bonchev–Trinajstić information content (AvgIpc) is 2.59. The molecule has 2 heteroatoms. The summed E-state index contributed by atoms with van der Waals surface area (Å²) in [4.78, 5) is 11.2. The number of amides is 1. The highest BCUT2D eigenvalue weighted by atomic mass is 16.2. The summed E-state index contributed by atoms with van der Waals surface area (Å²) >= 11 is 0. The molecule has 3 unspecified atom stereocenters. The molecule has 0 aromatic heterocycles. The van der Waals surface area contributed by atoms with Crippen molar-refractivity contribution in [2.45, 2.75) is 39.2 Å². The van der Waals surface area contributed by atoms with Crippen LogP contribution in [-0.4, -0.2) is 11.9 Å². The third-order valence-electron chi connectivity index (χ3n) is 3.48. The maximum Gasteiger partial charge on any atom is 0.220 e. The summed E-state index contributed by atoms with van der Waals surface area (Å²) in [6, 6.07) is 0.377. The Bertz CT molecular complexity index is 257. The Morgan fingerprint density at radius 2 is 2.38 bits per heavy atom. The van der Waals surface area contributed by atoms with E-state index in [9.17, 15) is 4.79 Å². The number of carbonyl (C=O) groups is 1. The zero-order valence-corrected chi connectivity index (χ0v) is 8.34. The van der Waals surface area contributed by atoms with Gasteiger partial charge in [-0.15, -0.1) is 0 Å². The van der Waals surface area contributed by atoms with E-state index in [2.05, 4.69) is 25.2 Å². The van der Waals surface area contributed by atoms with E-state index in [4.69, 9.17) is 0 Å². The fourth-order valence-corrected chi connectivity index (χ4v) is 2.85. The Labute approximate surface area is 79.4 Å². The van der Waals surface area contributed by atoms with Crippen molar-refractivity contribution < 1.29 is 4.79 Å². The van der Waals surface area contributed by atoms with E-state index in [1.807, 2.05) is 0 Å². The van der Waals surface area contributed by atoms with Crippen molar-refractivity contribution in [3.05, 3.63) is 11.6 Å². The summed E-state index contributed by atoms with van der Waals surface area (Å²) in [6.45, 7) is 4.32. The van der Waals surface area contributed by atoms with Gasteiger partial charge in [0.25, 0.3) is 0 Å². The Balaban J connectivity index is 2.19. The number of hydrogen-bond donors (Lipinski definition) is 1. The number of carbonyl (C=O) groups excluding carboxylic acids is 1. The second kappa shape index (κ2) is 3.17. The first kappa shape index (κ1) is 8.79. The molecule has 1 heterocycles. The van der Waals surface area contributed by atoms with Crippen molar-refractivity contribution in [2.75, 3.05) is 0 Å². The lowest BCUT2D eigenvalue weighted by Crippen LogP contribution is -2.28. The molecule has 13 heavy (non-hydrogen) atoms. The maximum atomic E-state index is 11.2. The van der Waals surface area contributed by atoms with E-state index >= 15 is 0 Å². The summed E-state index contributed by atoms with van der Waals surface area (Å²) in [5, 5.41) is 3.07. The first-order valence-electron chi connectivity index (χ1n) is 5.21. The van der Waals surface area contributed by atoms with Gasteiger partial charge in [-0.05, 0) is 37.2 Å². The van der Waals surface area contributed by atoms with Crippen LogP contribution in [0.2, 0.25) is 0 Å². The van der Waals surface area contributed by atoms with Crippen LogP contribution in [0.4, 0.5) is 0 Å². The monoisotopic (exact) mass is 179 g/mol. The summed E-state index contributed by atoms with van der Waals surface area (Å²) < 4.78 is 0. The molecule has 0 bridgehead atoms. The van der Waals surface area contributed by atoms with Gasteiger partial charge in [0.15, 0.2) is 0 Å². The molecule has 2 aliphatic rings. The summed E-state index contributed by atoms with van der Waals surface area (Å²) in [5.41, 5.74) is 1.47. The number of nitrogens with one attached hydrogen (secondary N) is 1. The molecule has 2 rings (SSSR count). The van der Waals surface area contributed by atoms with Crippen LogP contribution in [0.1, 0.15) is 33.1 Å². The van der Waals surface area contributed by atoms with Crippen molar-refractivity contribution >= 4 is 5.91 Å². The van der Waals surface area contributed by atoms with E-state index in [0.29, 0.717) is 12.0 Å². The van der Waals surface area contributed by atoms with Crippen molar-refractivity contribution in [1.82, 2.24) is 5.32 Å². The molecule has 0 aromatic carbocycles. The van der Waals surface area contributed by atoms with Crippen LogP contribution in [0.5, 0.6) is 0 Å². The predicted octanol–water partition coefficient (Wildman–Crippen LogP) is 1.87.